The van der Waals surface area contributed by atoms with Crippen molar-refractivity contribution >= 4 is 5.97 Å². The van der Waals surface area contributed by atoms with E-state index in [-0.39, 0.29) is 5.69 Å². The molecule has 0 aliphatic rings. The lowest BCUT2D eigenvalue weighted by atomic mass is 10.4. The third-order valence-electron chi connectivity index (χ3n) is 1.35. The number of hydrogen-bond donors (Lipinski definition) is 0. The monoisotopic (exact) mass is 208 g/mol. The number of hydrogen-bond acceptors (Lipinski definition) is 3. The highest BCUT2D eigenvalue weighted by Crippen LogP contribution is 2.28. The molecule has 0 N–H and O–H groups in total. The summed E-state index contributed by atoms with van der Waals surface area (Å²) >= 11 is 0. The highest BCUT2D eigenvalue weighted by Gasteiger charge is 2.34. The van der Waals surface area contributed by atoms with E-state index in [4.69, 9.17) is 0 Å². The number of nitrogens with zero attached hydrogens (tertiary/aromatic N) is 2. The lowest BCUT2D eigenvalue weighted by Gasteiger charge is -2.01. The molecule has 0 aromatic carbocycles. The van der Waals surface area contributed by atoms with Gasteiger partial charge < -0.3 is 4.84 Å². The molecule has 0 spiro atoms. The van der Waals surface area contributed by atoms with Gasteiger partial charge in [0, 0.05) is 6.92 Å². The van der Waals surface area contributed by atoms with Crippen molar-refractivity contribution in [1.82, 2.24) is 9.94 Å². The highest BCUT2D eigenvalue weighted by atomic mass is 19.4. The molecule has 1 heterocycles. The summed E-state index contributed by atoms with van der Waals surface area (Å²) in [5.41, 5.74) is -0.983. The Labute approximate surface area is 77.2 Å². The zero-order valence-electron chi connectivity index (χ0n) is 7.42. The maximum Gasteiger partial charge on any atom is 0.435 e. The van der Waals surface area contributed by atoms with Crippen LogP contribution in [-0.4, -0.2) is 15.9 Å². The summed E-state index contributed by atoms with van der Waals surface area (Å²) < 4.78 is 36.3. The van der Waals surface area contributed by atoms with Gasteiger partial charge >= 0.3 is 12.1 Å². The van der Waals surface area contributed by atoms with Gasteiger partial charge in [-0.05, 0) is 13.0 Å². The molecule has 4 nitrogen and oxygen atoms in total. The Hall–Kier alpha value is -1.53. The van der Waals surface area contributed by atoms with Crippen molar-refractivity contribution in [3.63, 3.8) is 0 Å². The van der Waals surface area contributed by atoms with Crippen LogP contribution in [0.25, 0.3) is 0 Å². The van der Waals surface area contributed by atoms with E-state index in [9.17, 15) is 18.0 Å². The van der Waals surface area contributed by atoms with Crippen molar-refractivity contribution in [1.29, 1.82) is 0 Å². The smallest absolute Gasteiger partial charge is 0.319 e. The summed E-state index contributed by atoms with van der Waals surface area (Å²) in [6.07, 6.45) is -4.53. The molecule has 0 fully saturated rings. The van der Waals surface area contributed by atoms with Crippen LogP contribution in [0.5, 0.6) is 0 Å². The second-order valence-corrected chi connectivity index (χ2v) is 2.62. The molecule has 0 saturated heterocycles. The number of carbonyl (C=O) groups excluding carboxylic acids is 1. The quantitative estimate of drug-likeness (QED) is 0.696. The van der Waals surface area contributed by atoms with Crippen LogP contribution in [0.1, 0.15) is 18.3 Å². The number of aromatic nitrogens is 2. The van der Waals surface area contributed by atoms with E-state index in [1.54, 1.807) is 0 Å². The first-order valence-electron chi connectivity index (χ1n) is 3.63. The van der Waals surface area contributed by atoms with E-state index in [0.717, 1.165) is 13.0 Å². The van der Waals surface area contributed by atoms with Crippen LogP contribution in [0.4, 0.5) is 13.2 Å². The SMILES string of the molecule is CC(=O)On1nc(C(F)(F)F)cc1C. The third kappa shape index (κ3) is 2.24. The Morgan fingerprint density at radius 2 is 2.14 bits per heavy atom. The van der Waals surface area contributed by atoms with Gasteiger partial charge in [0.15, 0.2) is 5.69 Å². The molecule has 0 bridgehead atoms. The Morgan fingerprint density at radius 1 is 1.57 bits per heavy atom. The predicted molar refractivity (Wildman–Crippen MR) is 39.2 cm³/mol. The van der Waals surface area contributed by atoms with E-state index >= 15 is 0 Å². The van der Waals surface area contributed by atoms with E-state index in [1.165, 1.54) is 6.92 Å². The third-order valence-corrected chi connectivity index (χ3v) is 1.35. The van der Waals surface area contributed by atoms with Crippen LogP contribution in [0.2, 0.25) is 0 Å². The first-order chi connectivity index (χ1) is 6.30. The fourth-order valence-corrected chi connectivity index (χ4v) is 0.811. The molecule has 1 aromatic rings. The Kier molecular flexibility index (Phi) is 2.50. The van der Waals surface area contributed by atoms with Gasteiger partial charge in [0.1, 0.15) is 0 Å². The van der Waals surface area contributed by atoms with Crippen LogP contribution in [0.15, 0.2) is 6.07 Å². The van der Waals surface area contributed by atoms with E-state index in [0.29, 0.717) is 4.85 Å². The van der Waals surface area contributed by atoms with Crippen LogP contribution in [-0.2, 0) is 11.0 Å². The van der Waals surface area contributed by atoms with Gasteiger partial charge in [-0.2, -0.15) is 13.2 Å². The lowest BCUT2D eigenvalue weighted by molar-refractivity contribution is -0.149. The van der Waals surface area contributed by atoms with Gasteiger partial charge in [-0.25, -0.2) is 4.79 Å². The number of rotatable bonds is 1. The van der Waals surface area contributed by atoms with E-state index in [1.807, 2.05) is 0 Å². The van der Waals surface area contributed by atoms with Crippen molar-refractivity contribution in [2.45, 2.75) is 20.0 Å². The van der Waals surface area contributed by atoms with Crippen LogP contribution in [0, 0.1) is 6.92 Å². The van der Waals surface area contributed by atoms with Crippen molar-refractivity contribution < 1.29 is 22.8 Å². The van der Waals surface area contributed by atoms with Gasteiger partial charge in [-0.3, -0.25) is 0 Å². The fraction of sp³-hybridized carbons (Fsp3) is 0.429. The van der Waals surface area contributed by atoms with Crippen molar-refractivity contribution in [2.75, 3.05) is 0 Å². The van der Waals surface area contributed by atoms with Gasteiger partial charge in [0.25, 0.3) is 0 Å². The predicted octanol–water partition coefficient (Wildman–Crippen LogP) is 1.19. The van der Waals surface area contributed by atoms with Crippen molar-refractivity contribution in [3.8, 4) is 0 Å². The van der Waals surface area contributed by atoms with Gasteiger partial charge in [0.2, 0.25) is 0 Å². The molecule has 0 aliphatic heterocycles. The first-order valence-corrected chi connectivity index (χ1v) is 3.63. The summed E-state index contributed by atoms with van der Waals surface area (Å²) in [7, 11) is 0. The fourth-order valence-electron chi connectivity index (χ4n) is 0.811. The molecule has 0 saturated carbocycles. The molecule has 0 amide bonds. The minimum atomic E-state index is -4.53. The van der Waals surface area contributed by atoms with Gasteiger partial charge in [-0.1, -0.05) is 4.85 Å². The topological polar surface area (TPSA) is 44.1 Å². The summed E-state index contributed by atoms with van der Waals surface area (Å²) in [5.74, 6) is -0.732. The van der Waals surface area contributed by atoms with Crippen LogP contribution < -0.4 is 4.84 Å². The largest absolute Gasteiger partial charge is 0.435 e. The normalized spacial score (nSPS) is 11.5. The summed E-state index contributed by atoms with van der Waals surface area (Å²) in [6.45, 7) is 2.43. The average molecular weight is 208 g/mol. The number of carbonyl (C=O) groups is 1. The molecule has 78 valence electrons. The molecular weight excluding hydrogens is 201 g/mol. The zero-order chi connectivity index (χ0) is 10.9. The van der Waals surface area contributed by atoms with E-state index < -0.39 is 17.8 Å². The van der Waals surface area contributed by atoms with Gasteiger partial charge in [-0.15, -0.1) is 5.10 Å². The minimum Gasteiger partial charge on any atom is -0.319 e. The van der Waals surface area contributed by atoms with Gasteiger partial charge in [0.05, 0.1) is 5.69 Å². The molecule has 0 aliphatic carbocycles. The van der Waals surface area contributed by atoms with Crippen LogP contribution >= 0.6 is 0 Å². The second kappa shape index (κ2) is 3.32. The standard InChI is InChI=1S/C7H7F3N2O2/c1-4-3-6(7(8,9)10)11-12(4)14-5(2)13/h3H,1-2H3. The first kappa shape index (κ1) is 10.6. The summed E-state index contributed by atoms with van der Waals surface area (Å²) in [5, 5.41) is 3.07. The summed E-state index contributed by atoms with van der Waals surface area (Å²) in [4.78, 5) is 15.4. The molecule has 1 aromatic heterocycles. The average Bonchev–Trinajstić information content (AvgIpc) is 2.30. The second-order valence-electron chi connectivity index (χ2n) is 2.62. The molecule has 0 unspecified atom stereocenters. The molecular formula is C7H7F3N2O2. The Morgan fingerprint density at radius 3 is 2.50 bits per heavy atom. The molecule has 14 heavy (non-hydrogen) atoms. The maximum absolute atomic E-state index is 12.1. The maximum atomic E-state index is 12.1. The summed E-state index contributed by atoms with van der Waals surface area (Å²) in [6, 6.07) is 0.795. The molecule has 0 radical (unpaired) electrons. The number of alkyl halides is 3. The highest BCUT2D eigenvalue weighted by molar-refractivity contribution is 5.66. The zero-order valence-corrected chi connectivity index (χ0v) is 7.42. The van der Waals surface area contributed by atoms with Crippen molar-refractivity contribution in [3.05, 3.63) is 17.5 Å². The number of aryl methyl sites for hydroxylation is 1. The minimum absolute atomic E-state index is 0.104. The number of halogens is 3. The van der Waals surface area contributed by atoms with Crippen LogP contribution in [0.3, 0.4) is 0 Å². The molecule has 1 rings (SSSR count). The van der Waals surface area contributed by atoms with E-state index in [2.05, 4.69) is 9.94 Å². The Bertz CT molecular complexity index is 356. The lowest BCUT2D eigenvalue weighted by Crippen LogP contribution is -2.20. The van der Waals surface area contributed by atoms with Crippen molar-refractivity contribution in [2.24, 2.45) is 0 Å². The molecule has 0 atom stereocenters. The molecule has 7 heteroatoms. The Balaban J connectivity index is 2.99.